The molecule has 2 bridgehead atoms. The molecule has 160 valence electrons. The number of hydrogen-bond donors (Lipinski definition) is 1. The predicted octanol–water partition coefficient (Wildman–Crippen LogP) is 1.46. The molecule has 3 fully saturated rings. The van der Waals surface area contributed by atoms with Gasteiger partial charge < -0.3 is 28.7 Å². The number of aryl methyl sites for hydroxylation is 1. The molecule has 1 spiro atoms. The Labute approximate surface area is 178 Å². The van der Waals surface area contributed by atoms with Crippen molar-refractivity contribution in [3.05, 3.63) is 28.6 Å². The Morgan fingerprint density at radius 2 is 2.07 bits per heavy atom. The van der Waals surface area contributed by atoms with E-state index in [0.29, 0.717) is 42.2 Å². The van der Waals surface area contributed by atoms with Crippen LogP contribution in [0.3, 0.4) is 0 Å². The number of aliphatic hydroxyl groups is 1. The Balaban J connectivity index is 1.25. The van der Waals surface area contributed by atoms with E-state index in [4.69, 9.17) is 30.3 Å². The summed E-state index contributed by atoms with van der Waals surface area (Å²) < 4.78 is 22.6. The van der Waals surface area contributed by atoms with Gasteiger partial charge in [0.15, 0.2) is 11.5 Å². The molecule has 0 amide bonds. The maximum Gasteiger partial charge on any atom is 0.266 e. The number of nitrogens with zero attached hydrogens (tertiary/aromatic N) is 4. The van der Waals surface area contributed by atoms with Crippen LogP contribution in [0, 0.1) is 18.8 Å². The monoisotopic (exact) mass is 434 g/mol. The molecule has 1 N–H and O–H groups in total. The van der Waals surface area contributed by atoms with Crippen LogP contribution in [-0.2, 0) is 11.3 Å². The minimum atomic E-state index is -0.367. The van der Waals surface area contributed by atoms with Gasteiger partial charge in [-0.2, -0.15) is 4.98 Å². The van der Waals surface area contributed by atoms with E-state index in [9.17, 15) is 5.11 Å². The number of halogens is 1. The summed E-state index contributed by atoms with van der Waals surface area (Å²) in [4.78, 5) is 8.87. The Kier molecular flexibility index (Phi) is 4.18. The number of aliphatic hydroxyl groups excluding tert-OH is 1. The van der Waals surface area contributed by atoms with Crippen LogP contribution in [0.15, 0.2) is 16.7 Å². The Morgan fingerprint density at radius 3 is 2.83 bits per heavy atom. The Morgan fingerprint density at radius 1 is 1.23 bits per heavy atom. The van der Waals surface area contributed by atoms with Crippen LogP contribution in [0.5, 0.6) is 11.5 Å². The molecule has 5 heterocycles. The van der Waals surface area contributed by atoms with E-state index >= 15 is 0 Å². The second kappa shape index (κ2) is 6.71. The van der Waals surface area contributed by atoms with Crippen molar-refractivity contribution in [3.8, 4) is 11.5 Å². The van der Waals surface area contributed by atoms with Crippen LogP contribution in [0.25, 0.3) is 0 Å². The first kappa shape index (κ1) is 18.7. The fourth-order valence-corrected chi connectivity index (χ4v) is 5.75. The molecule has 0 aliphatic carbocycles. The third-order valence-electron chi connectivity index (χ3n) is 6.81. The largest absolute Gasteiger partial charge is 0.454 e. The van der Waals surface area contributed by atoms with Gasteiger partial charge in [0.25, 0.3) is 5.95 Å². The van der Waals surface area contributed by atoms with Crippen molar-refractivity contribution in [1.29, 1.82) is 0 Å². The van der Waals surface area contributed by atoms with Gasteiger partial charge in [-0.15, -0.1) is 0 Å². The van der Waals surface area contributed by atoms with Gasteiger partial charge in [-0.25, -0.2) is 0 Å². The topological polar surface area (TPSA) is 93.3 Å². The Hall–Kier alpha value is -2.07. The molecule has 0 unspecified atom stereocenters. The first-order valence-corrected chi connectivity index (χ1v) is 10.6. The third-order valence-corrected chi connectivity index (χ3v) is 7.16. The van der Waals surface area contributed by atoms with Crippen LogP contribution in [-0.4, -0.2) is 71.4 Å². The normalized spacial score (nSPS) is 32.1. The van der Waals surface area contributed by atoms with Gasteiger partial charge in [-0.3, -0.25) is 4.90 Å². The summed E-state index contributed by atoms with van der Waals surface area (Å²) in [6.45, 7) is 5.73. The van der Waals surface area contributed by atoms with Crippen molar-refractivity contribution in [1.82, 2.24) is 15.0 Å². The van der Waals surface area contributed by atoms with Gasteiger partial charge in [-0.05, 0) is 16.8 Å². The number of likely N-dealkylation sites (tertiary alicyclic amines) is 1. The quantitative estimate of drug-likeness (QED) is 0.767. The molecular weight excluding hydrogens is 412 g/mol. The average Bonchev–Trinajstić information content (AvgIpc) is 3.45. The zero-order valence-corrected chi connectivity index (χ0v) is 17.3. The van der Waals surface area contributed by atoms with Crippen LogP contribution in [0.4, 0.5) is 5.95 Å². The molecule has 4 aliphatic heterocycles. The lowest BCUT2D eigenvalue weighted by atomic mass is 9.83. The van der Waals surface area contributed by atoms with Crippen LogP contribution >= 0.6 is 11.6 Å². The summed E-state index contributed by atoms with van der Waals surface area (Å²) in [5.41, 5.74) is 0.629. The molecule has 2 aromatic rings. The lowest BCUT2D eigenvalue weighted by Crippen LogP contribution is -2.54. The van der Waals surface area contributed by atoms with Crippen LogP contribution in [0.1, 0.15) is 11.5 Å². The molecule has 4 atom stereocenters. The highest BCUT2D eigenvalue weighted by Crippen LogP contribution is 2.50. The molecule has 3 saturated heterocycles. The van der Waals surface area contributed by atoms with E-state index in [1.54, 1.807) is 6.92 Å². The third kappa shape index (κ3) is 2.80. The number of anilines is 1. The minimum Gasteiger partial charge on any atom is -0.454 e. The highest BCUT2D eigenvalue weighted by atomic mass is 35.5. The molecule has 10 heteroatoms. The van der Waals surface area contributed by atoms with Gasteiger partial charge in [0.2, 0.25) is 12.7 Å². The number of aromatic nitrogens is 2. The van der Waals surface area contributed by atoms with Crippen molar-refractivity contribution in [2.45, 2.75) is 25.2 Å². The first-order valence-electron chi connectivity index (χ1n) is 10.2. The van der Waals surface area contributed by atoms with Crippen molar-refractivity contribution in [3.63, 3.8) is 0 Å². The second-order valence-electron chi connectivity index (χ2n) is 8.63. The van der Waals surface area contributed by atoms with E-state index in [0.717, 1.165) is 24.4 Å². The number of ether oxygens (including phenoxy) is 3. The van der Waals surface area contributed by atoms with Gasteiger partial charge in [-0.1, -0.05) is 11.6 Å². The van der Waals surface area contributed by atoms with Crippen molar-refractivity contribution >= 4 is 17.5 Å². The summed E-state index contributed by atoms with van der Waals surface area (Å²) in [7, 11) is 0. The SMILES string of the molecule is Cc1nc(N2C[C@H]3O[C@@]4(CN(Cc5cc6c(cc5Cl)OCO6)C[C@@H]4[C@@H]3CO)C2)no1. The molecule has 30 heavy (non-hydrogen) atoms. The summed E-state index contributed by atoms with van der Waals surface area (Å²) in [6.07, 6.45) is -0.0381. The molecule has 1 aromatic heterocycles. The fraction of sp³-hybridized carbons (Fsp3) is 0.600. The minimum absolute atomic E-state index is 0.0381. The molecular formula is C20H23ClN4O5. The van der Waals surface area contributed by atoms with Crippen molar-refractivity contribution in [2.75, 3.05) is 44.5 Å². The summed E-state index contributed by atoms with van der Waals surface area (Å²) in [5.74, 6) is 2.87. The average molecular weight is 435 g/mol. The lowest BCUT2D eigenvalue weighted by Gasteiger charge is -2.39. The van der Waals surface area contributed by atoms with Gasteiger partial charge in [0.1, 0.15) is 5.60 Å². The molecule has 6 rings (SSSR count). The van der Waals surface area contributed by atoms with Crippen LogP contribution in [0.2, 0.25) is 5.02 Å². The standard InChI is InChI=1S/C20H23ClN4O5/c1-11-22-19(23-30-11)25-6-18-13(7-26)14-5-24(8-20(14,9-25)29-18)4-12-2-16-17(3-15(12)21)28-10-27-16/h2-3,13-14,18,26H,4-10H2,1H3/t13-,14+,18+,20-/m0/s1. The molecule has 0 saturated carbocycles. The fourth-order valence-electron chi connectivity index (χ4n) is 5.54. The van der Waals surface area contributed by atoms with E-state index < -0.39 is 0 Å². The summed E-state index contributed by atoms with van der Waals surface area (Å²) >= 11 is 6.50. The number of morpholine rings is 1. The van der Waals surface area contributed by atoms with Gasteiger partial charge in [0.05, 0.1) is 12.6 Å². The first-order chi connectivity index (χ1) is 14.5. The maximum atomic E-state index is 10.1. The predicted molar refractivity (Wildman–Crippen MR) is 106 cm³/mol. The second-order valence-corrected chi connectivity index (χ2v) is 9.04. The molecule has 1 aromatic carbocycles. The van der Waals surface area contributed by atoms with E-state index in [1.807, 2.05) is 12.1 Å². The van der Waals surface area contributed by atoms with E-state index in [-0.39, 0.29) is 36.9 Å². The Bertz CT molecular complexity index is 986. The number of rotatable bonds is 4. The smallest absolute Gasteiger partial charge is 0.266 e. The zero-order valence-electron chi connectivity index (χ0n) is 16.6. The number of hydrogen-bond acceptors (Lipinski definition) is 9. The van der Waals surface area contributed by atoms with E-state index in [2.05, 4.69) is 19.9 Å². The molecule has 0 radical (unpaired) electrons. The molecule has 9 nitrogen and oxygen atoms in total. The van der Waals surface area contributed by atoms with Gasteiger partial charge in [0, 0.05) is 62.6 Å². The van der Waals surface area contributed by atoms with Crippen molar-refractivity contribution in [2.24, 2.45) is 11.8 Å². The maximum absolute atomic E-state index is 10.1. The van der Waals surface area contributed by atoms with Gasteiger partial charge >= 0.3 is 0 Å². The van der Waals surface area contributed by atoms with Crippen LogP contribution < -0.4 is 14.4 Å². The highest BCUT2D eigenvalue weighted by Gasteiger charge is 2.62. The lowest BCUT2D eigenvalue weighted by molar-refractivity contribution is -0.0650. The molecule has 4 aliphatic rings. The van der Waals surface area contributed by atoms with Crippen molar-refractivity contribution < 1.29 is 23.8 Å². The number of benzene rings is 1. The highest BCUT2D eigenvalue weighted by molar-refractivity contribution is 6.31. The zero-order chi connectivity index (χ0) is 20.5. The summed E-state index contributed by atoms with van der Waals surface area (Å²) in [5, 5.41) is 14.9. The number of fused-ring (bicyclic) bond motifs is 2. The van der Waals surface area contributed by atoms with E-state index in [1.165, 1.54) is 0 Å². The summed E-state index contributed by atoms with van der Waals surface area (Å²) in [6, 6.07) is 3.78.